The van der Waals surface area contributed by atoms with Gasteiger partial charge in [0.15, 0.2) is 0 Å². The molecule has 4 N–H and O–H groups in total. The molecule has 0 spiro atoms. The number of nitrogens with zero attached hydrogens (tertiary/aromatic N) is 1. The van der Waals surface area contributed by atoms with E-state index in [1.807, 2.05) is 0 Å². The van der Waals surface area contributed by atoms with Gasteiger partial charge < -0.3 is 16.3 Å². The van der Waals surface area contributed by atoms with Crippen molar-refractivity contribution >= 4 is 5.84 Å². The molecule has 7 heavy (non-hydrogen) atoms. The lowest BCUT2D eigenvalue weighted by Crippen LogP contribution is -2.27. The molecule has 0 saturated carbocycles. The second kappa shape index (κ2) is 1.38. The van der Waals surface area contributed by atoms with Crippen molar-refractivity contribution in [2.75, 3.05) is 6.54 Å². The zero-order valence-electron chi connectivity index (χ0n) is 3.76. The normalized spacial score (nSPS) is 29.3. The molecule has 0 aromatic heterocycles. The second-order valence-corrected chi connectivity index (χ2v) is 1.41. The van der Waals surface area contributed by atoms with Crippen LogP contribution in [-0.4, -0.2) is 23.6 Å². The fraction of sp³-hybridized carbons (Fsp3) is 0.667. The summed E-state index contributed by atoms with van der Waals surface area (Å²) in [5, 5.41) is 12.2. The highest BCUT2D eigenvalue weighted by molar-refractivity contribution is 5.85. The predicted octanol–water partition coefficient (Wildman–Crippen LogP) is -1.78. The van der Waals surface area contributed by atoms with Gasteiger partial charge in [-0.2, -0.15) is 5.10 Å². The molecule has 4 heteroatoms. The molecule has 1 rings (SSSR count). The van der Waals surface area contributed by atoms with E-state index in [9.17, 15) is 0 Å². The quantitative estimate of drug-likeness (QED) is 0.338. The van der Waals surface area contributed by atoms with E-state index in [1.54, 1.807) is 0 Å². The number of β-amino-alcohol motifs (C(OH)–C–C–N with tert-alkyl or cyclic N) is 1. The summed E-state index contributed by atoms with van der Waals surface area (Å²) in [6.45, 7) is 0.450. The van der Waals surface area contributed by atoms with Crippen molar-refractivity contribution < 1.29 is 5.11 Å². The molecule has 0 radical (unpaired) electrons. The van der Waals surface area contributed by atoms with Gasteiger partial charge in [-0.25, -0.2) is 0 Å². The van der Waals surface area contributed by atoms with Crippen molar-refractivity contribution in [2.24, 2.45) is 10.8 Å². The average Bonchev–Trinajstić information content (AvgIpc) is 1.91. The van der Waals surface area contributed by atoms with Crippen LogP contribution < -0.4 is 11.2 Å². The van der Waals surface area contributed by atoms with Gasteiger partial charge in [0, 0.05) is 0 Å². The van der Waals surface area contributed by atoms with Gasteiger partial charge in [-0.3, -0.25) is 0 Å². The molecule has 0 aromatic carbocycles. The van der Waals surface area contributed by atoms with E-state index < -0.39 is 6.10 Å². The lowest BCUT2D eigenvalue weighted by atomic mass is 10.4. The van der Waals surface area contributed by atoms with Crippen LogP contribution in [0.15, 0.2) is 5.10 Å². The Morgan fingerprint density at radius 2 is 2.71 bits per heavy atom. The van der Waals surface area contributed by atoms with Crippen molar-refractivity contribution in [3.8, 4) is 0 Å². The maximum atomic E-state index is 8.68. The molecule has 40 valence electrons. The third-order valence-electron chi connectivity index (χ3n) is 0.834. The highest BCUT2D eigenvalue weighted by Gasteiger charge is 2.12. The van der Waals surface area contributed by atoms with E-state index in [4.69, 9.17) is 10.8 Å². The number of hydrogen-bond donors (Lipinski definition) is 3. The molecule has 1 aliphatic rings. The molecule has 0 fully saturated rings. The Bertz CT molecular complexity index is 100. The molecular weight excluding hydrogens is 94.1 g/mol. The Morgan fingerprint density at radius 3 is 2.86 bits per heavy atom. The van der Waals surface area contributed by atoms with Crippen LogP contribution in [0.3, 0.4) is 0 Å². The molecule has 1 unspecified atom stereocenters. The molecule has 1 heterocycles. The van der Waals surface area contributed by atoms with Crippen molar-refractivity contribution in [2.45, 2.75) is 6.10 Å². The molecule has 0 saturated heterocycles. The summed E-state index contributed by atoms with van der Waals surface area (Å²) in [7, 11) is 0. The largest absolute Gasteiger partial charge is 0.383 e. The molecule has 0 aliphatic carbocycles. The van der Waals surface area contributed by atoms with E-state index in [2.05, 4.69) is 10.5 Å². The zero-order valence-corrected chi connectivity index (χ0v) is 3.76. The Labute approximate surface area is 41.0 Å². The topological polar surface area (TPSA) is 70.6 Å². The minimum Gasteiger partial charge on any atom is -0.383 e. The number of hydrazone groups is 1. The zero-order chi connectivity index (χ0) is 5.28. The molecule has 0 aromatic rings. The third-order valence-corrected chi connectivity index (χ3v) is 0.834. The number of aliphatic hydroxyl groups is 1. The summed E-state index contributed by atoms with van der Waals surface area (Å²) >= 11 is 0. The van der Waals surface area contributed by atoms with Crippen LogP contribution in [0.2, 0.25) is 0 Å². The molecule has 0 bridgehead atoms. The fourth-order valence-corrected chi connectivity index (χ4v) is 0.402. The number of aliphatic hydroxyl groups excluding tert-OH is 1. The molecular formula is C3H7N3O. The van der Waals surface area contributed by atoms with Crippen LogP contribution in [-0.2, 0) is 0 Å². The summed E-state index contributed by atoms with van der Waals surface area (Å²) in [5.74, 6) is 0.278. The summed E-state index contributed by atoms with van der Waals surface area (Å²) in [4.78, 5) is 0. The first kappa shape index (κ1) is 4.39. The first-order valence-electron chi connectivity index (χ1n) is 2.04. The lowest BCUT2D eigenvalue weighted by Gasteiger charge is -1.93. The van der Waals surface area contributed by atoms with Crippen molar-refractivity contribution in [3.05, 3.63) is 0 Å². The molecule has 0 amide bonds. The summed E-state index contributed by atoms with van der Waals surface area (Å²) in [5.41, 5.74) is 7.65. The first-order chi connectivity index (χ1) is 3.30. The maximum Gasteiger partial charge on any atom is 0.150 e. The van der Waals surface area contributed by atoms with Gasteiger partial charge in [-0.1, -0.05) is 0 Å². The lowest BCUT2D eigenvalue weighted by molar-refractivity contribution is 0.249. The minimum absolute atomic E-state index is 0.278. The standard InChI is InChI=1S/C3H7N3O/c4-3-2(7)1-5-6-3/h2,5,7H,1H2,(H2,4,6). The second-order valence-electron chi connectivity index (χ2n) is 1.41. The summed E-state index contributed by atoms with van der Waals surface area (Å²) < 4.78 is 0. The Balaban J connectivity index is 2.54. The van der Waals surface area contributed by atoms with Crippen molar-refractivity contribution in [3.63, 3.8) is 0 Å². The maximum absolute atomic E-state index is 8.68. The van der Waals surface area contributed by atoms with Gasteiger partial charge in [0.05, 0.1) is 6.54 Å². The smallest absolute Gasteiger partial charge is 0.150 e. The monoisotopic (exact) mass is 101 g/mol. The van der Waals surface area contributed by atoms with E-state index in [0.717, 1.165) is 0 Å². The number of nitrogens with two attached hydrogens (primary N) is 1. The highest BCUT2D eigenvalue weighted by Crippen LogP contribution is 1.86. The van der Waals surface area contributed by atoms with Gasteiger partial charge in [-0.15, -0.1) is 0 Å². The predicted molar refractivity (Wildman–Crippen MR) is 25.6 cm³/mol. The number of rotatable bonds is 0. The van der Waals surface area contributed by atoms with Crippen LogP contribution in [0, 0.1) is 0 Å². The van der Waals surface area contributed by atoms with E-state index >= 15 is 0 Å². The highest BCUT2D eigenvalue weighted by atomic mass is 16.3. The molecule has 1 aliphatic heterocycles. The number of hydrogen-bond acceptors (Lipinski definition) is 4. The molecule has 4 nitrogen and oxygen atoms in total. The summed E-state index contributed by atoms with van der Waals surface area (Å²) in [6, 6.07) is 0. The Hall–Kier alpha value is -0.770. The fourth-order valence-electron chi connectivity index (χ4n) is 0.402. The van der Waals surface area contributed by atoms with Crippen LogP contribution in [0.4, 0.5) is 0 Å². The van der Waals surface area contributed by atoms with Gasteiger partial charge in [-0.05, 0) is 0 Å². The Morgan fingerprint density at radius 1 is 2.00 bits per heavy atom. The van der Waals surface area contributed by atoms with Gasteiger partial charge >= 0.3 is 0 Å². The van der Waals surface area contributed by atoms with Gasteiger partial charge in [0.1, 0.15) is 11.9 Å². The van der Waals surface area contributed by atoms with Crippen LogP contribution in [0.5, 0.6) is 0 Å². The van der Waals surface area contributed by atoms with Crippen molar-refractivity contribution in [1.29, 1.82) is 0 Å². The Kier molecular flexibility index (Phi) is 0.867. The van der Waals surface area contributed by atoms with Crippen LogP contribution in [0.1, 0.15) is 0 Å². The number of nitrogens with one attached hydrogen (secondary N) is 1. The third kappa shape index (κ3) is 0.640. The first-order valence-corrected chi connectivity index (χ1v) is 2.04. The van der Waals surface area contributed by atoms with Gasteiger partial charge in [0.25, 0.3) is 0 Å². The van der Waals surface area contributed by atoms with E-state index in [-0.39, 0.29) is 5.84 Å². The SMILES string of the molecule is NC1=NNCC1O. The van der Waals surface area contributed by atoms with E-state index in [1.165, 1.54) is 0 Å². The summed E-state index contributed by atoms with van der Waals surface area (Å²) in [6.07, 6.45) is -0.569. The average molecular weight is 101 g/mol. The minimum atomic E-state index is -0.569. The van der Waals surface area contributed by atoms with Crippen LogP contribution >= 0.6 is 0 Å². The van der Waals surface area contributed by atoms with Crippen LogP contribution in [0.25, 0.3) is 0 Å². The van der Waals surface area contributed by atoms with Crippen molar-refractivity contribution in [1.82, 2.24) is 5.43 Å². The van der Waals surface area contributed by atoms with E-state index in [0.29, 0.717) is 6.54 Å². The molecule has 1 atom stereocenters. The number of amidine groups is 1. The van der Waals surface area contributed by atoms with Gasteiger partial charge in [0.2, 0.25) is 0 Å².